The number of nitrogens with one attached hydrogen (secondary N) is 1. The van der Waals surface area contributed by atoms with Crippen LogP contribution in [0.5, 0.6) is 0 Å². The molecule has 0 fully saturated rings. The van der Waals surface area contributed by atoms with Crippen LogP contribution in [0.15, 0.2) is 48.5 Å². The molecule has 0 radical (unpaired) electrons. The van der Waals surface area contributed by atoms with Crippen molar-refractivity contribution in [3.63, 3.8) is 0 Å². The Morgan fingerprint density at radius 1 is 1.16 bits per heavy atom. The second kappa shape index (κ2) is 7.89. The molecule has 0 aromatic heterocycles. The largest absolute Gasteiger partial charge is 0.324 e. The normalized spacial score (nSPS) is 11.4. The molecule has 0 saturated carbocycles. The van der Waals surface area contributed by atoms with Crippen LogP contribution in [0.3, 0.4) is 0 Å². The van der Waals surface area contributed by atoms with Gasteiger partial charge in [-0.25, -0.2) is 8.42 Å². The van der Waals surface area contributed by atoms with Crippen molar-refractivity contribution in [1.29, 1.82) is 0 Å². The van der Waals surface area contributed by atoms with E-state index in [2.05, 4.69) is 5.32 Å². The third kappa shape index (κ3) is 5.21. The van der Waals surface area contributed by atoms with Crippen LogP contribution in [-0.2, 0) is 14.8 Å². The molecule has 25 heavy (non-hydrogen) atoms. The van der Waals surface area contributed by atoms with Gasteiger partial charge in [0.25, 0.3) is 0 Å². The van der Waals surface area contributed by atoms with Crippen molar-refractivity contribution in [2.75, 3.05) is 22.4 Å². The maximum absolute atomic E-state index is 12.4. The summed E-state index contributed by atoms with van der Waals surface area (Å²) in [6.07, 6.45) is 1.09. The summed E-state index contributed by atoms with van der Waals surface area (Å²) in [7, 11) is -3.62. The molecular formula is C18H21ClN2O3S. The van der Waals surface area contributed by atoms with Gasteiger partial charge in [0.2, 0.25) is 15.9 Å². The van der Waals surface area contributed by atoms with Crippen molar-refractivity contribution in [3.05, 3.63) is 59.1 Å². The Bertz CT molecular complexity index is 866. The van der Waals surface area contributed by atoms with Gasteiger partial charge >= 0.3 is 0 Å². The van der Waals surface area contributed by atoms with Gasteiger partial charge in [0.15, 0.2) is 0 Å². The zero-order valence-electron chi connectivity index (χ0n) is 14.4. The highest BCUT2D eigenvalue weighted by atomic mass is 35.5. The van der Waals surface area contributed by atoms with Gasteiger partial charge in [-0.1, -0.05) is 49.7 Å². The lowest BCUT2D eigenvalue weighted by Crippen LogP contribution is -2.38. The Morgan fingerprint density at radius 2 is 1.84 bits per heavy atom. The van der Waals surface area contributed by atoms with E-state index in [1.165, 1.54) is 0 Å². The number of hydrogen-bond donors (Lipinski definition) is 1. The van der Waals surface area contributed by atoms with Crippen molar-refractivity contribution < 1.29 is 13.2 Å². The first-order valence-corrected chi connectivity index (χ1v) is 10.0. The van der Waals surface area contributed by atoms with E-state index in [1.54, 1.807) is 36.4 Å². The Morgan fingerprint density at radius 3 is 2.44 bits per heavy atom. The molecule has 7 heteroatoms. The number of halogens is 1. The fraction of sp³-hybridized carbons (Fsp3) is 0.278. The molecular weight excluding hydrogens is 360 g/mol. The topological polar surface area (TPSA) is 66.5 Å². The Hall–Kier alpha value is -2.05. The van der Waals surface area contributed by atoms with Gasteiger partial charge in [-0.05, 0) is 35.7 Å². The van der Waals surface area contributed by atoms with Crippen molar-refractivity contribution >= 4 is 38.9 Å². The summed E-state index contributed by atoms with van der Waals surface area (Å²) >= 11 is 5.90. The molecule has 0 aliphatic heterocycles. The molecule has 0 bridgehead atoms. The molecule has 1 amide bonds. The van der Waals surface area contributed by atoms with Gasteiger partial charge in [-0.3, -0.25) is 9.10 Å². The maximum Gasteiger partial charge on any atom is 0.245 e. The Labute approximate surface area is 153 Å². The molecule has 0 aliphatic rings. The zero-order chi connectivity index (χ0) is 18.6. The van der Waals surface area contributed by atoms with Crippen LogP contribution in [0.4, 0.5) is 11.4 Å². The highest BCUT2D eigenvalue weighted by Gasteiger charge is 2.24. The second-order valence-electron chi connectivity index (χ2n) is 6.04. The van der Waals surface area contributed by atoms with Crippen molar-refractivity contribution in [2.24, 2.45) is 0 Å². The predicted molar refractivity (Wildman–Crippen MR) is 103 cm³/mol. The van der Waals surface area contributed by atoms with Crippen LogP contribution in [0.1, 0.15) is 25.3 Å². The van der Waals surface area contributed by atoms with Crippen LogP contribution in [0, 0.1) is 0 Å². The number of nitrogens with zero attached hydrogens (tertiary/aromatic N) is 1. The third-order valence-electron chi connectivity index (χ3n) is 3.62. The van der Waals surface area contributed by atoms with Gasteiger partial charge in [-0.15, -0.1) is 0 Å². The van der Waals surface area contributed by atoms with Crippen molar-refractivity contribution in [2.45, 2.75) is 19.8 Å². The monoisotopic (exact) mass is 380 g/mol. The average Bonchev–Trinajstić information content (AvgIpc) is 2.51. The van der Waals surface area contributed by atoms with E-state index in [1.807, 2.05) is 26.0 Å². The minimum absolute atomic E-state index is 0.122. The fourth-order valence-corrected chi connectivity index (χ4v) is 3.55. The van der Waals surface area contributed by atoms with Gasteiger partial charge in [0.1, 0.15) is 6.54 Å². The lowest BCUT2D eigenvalue weighted by atomic mass is 10.0. The van der Waals surface area contributed by atoms with E-state index in [0.29, 0.717) is 16.4 Å². The summed E-state index contributed by atoms with van der Waals surface area (Å²) in [4.78, 5) is 12.4. The summed E-state index contributed by atoms with van der Waals surface area (Å²) in [5.74, 6) is -0.317. The third-order valence-corrected chi connectivity index (χ3v) is 4.98. The molecule has 2 aromatic rings. The summed E-state index contributed by atoms with van der Waals surface area (Å²) in [5.41, 5.74) is 1.90. The van der Waals surface area contributed by atoms with Gasteiger partial charge in [0.05, 0.1) is 11.9 Å². The number of carbonyl (C=O) groups excluding carboxylic acids is 1. The lowest BCUT2D eigenvalue weighted by Gasteiger charge is -2.25. The molecule has 0 heterocycles. The van der Waals surface area contributed by atoms with Crippen LogP contribution < -0.4 is 9.62 Å². The van der Waals surface area contributed by atoms with Crippen LogP contribution >= 0.6 is 11.6 Å². The smallest absolute Gasteiger partial charge is 0.245 e. The molecule has 0 atom stereocenters. The Kier molecular flexibility index (Phi) is 6.08. The number of benzene rings is 2. The highest BCUT2D eigenvalue weighted by molar-refractivity contribution is 7.92. The van der Waals surface area contributed by atoms with Crippen molar-refractivity contribution in [1.82, 2.24) is 0 Å². The second-order valence-corrected chi connectivity index (χ2v) is 8.38. The highest BCUT2D eigenvalue weighted by Crippen LogP contribution is 2.29. The van der Waals surface area contributed by atoms with E-state index in [-0.39, 0.29) is 12.5 Å². The van der Waals surface area contributed by atoms with Crippen molar-refractivity contribution in [3.8, 4) is 0 Å². The number of carbonyl (C=O) groups is 1. The summed E-state index contributed by atoms with van der Waals surface area (Å²) in [6.45, 7) is 3.64. The quantitative estimate of drug-likeness (QED) is 0.827. The van der Waals surface area contributed by atoms with E-state index in [4.69, 9.17) is 11.6 Å². The van der Waals surface area contributed by atoms with Gasteiger partial charge < -0.3 is 5.32 Å². The number of rotatable bonds is 6. The molecule has 0 spiro atoms. The minimum atomic E-state index is -3.62. The van der Waals surface area contributed by atoms with E-state index in [0.717, 1.165) is 16.1 Å². The number of sulfonamides is 1. The van der Waals surface area contributed by atoms with Gasteiger partial charge in [-0.2, -0.15) is 0 Å². The first kappa shape index (κ1) is 19.3. The van der Waals surface area contributed by atoms with Crippen LogP contribution in [-0.4, -0.2) is 27.1 Å². The molecule has 0 aliphatic carbocycles. The fourth-order valence-electron chi connectivity index (χ4n) is 2.48. The maximum atomic E-state index is 12.4. The predicted octanol–water partition coefficient (Wildman–Crippen LogP) is 3.87. The van der Waals surface area contributed by atoms with Gasteiger partial charge in [0, 0.05) is 10.7 Å². The minimum Gasteiger partial charge on any atom is -0.324 e. The van der Waals surface area contributed by atoms with Crippen LogP contribution in [0.25, 0.3) is 0 Å². The first-order valence-electron chi connectivity index (χ1n) is 7.80. The molecule has 5 nitrogen and oxygen atoms in total. The SMILES string of the molecule is CC(C)c1ccccc1N(CC(=O)Nc1cccc(Cl)c1)S(C)(=O)=O. The number of anilines is 2. The number of amides is 1. The molecule has 2 rings (SSSR count). The van der Waals surface area contributed by atoms with E-state index >= 15 is 0 Å². The lowest BCUT2D eigenvalue weighted by molar-refractivity contribution is -0.114. The van der Waals surface area contributed by atoms with E-state index < -0.39 is 15.9 Å². The summed E-state index contributed by atoms with van der Waals surface area (Å²) < 4.78 is 25.7. The number of para-hydroxylation sites is 1. The average molecular weight is 381 g/mol. The standard InChI is InChI=1S/C18H21ClN2O3S/c1-13(2)16-9-4-5-10-17(16)21(25(3,23)24)12-18(22)20-15-8-6-7-14(19)11-15/h4-11,13H,12H2,1-3H3,(H,20,22). The molecule has 0 saturated heterocycles. The number of hydrogen-bond acceptors (Lipinski definition) is 3. The van der Waals surface area contributed by atoms with Crippen LogP contribution in [0.2, 0.25) is 5.02 Å². The molecule has 2 aromatic carbocycles. The summed E-state index contributed by atoms with van der Waals surface area (Å²) in [5, 5.41) is 3.16. The molecule has 1 N–H and O–H groups in total. The molecule has 0 unspecified atom stereocenters. The summed E-state index contributed by atoms with van der Waals surface area (Å²) in [6, 6.07) is 13.9. The zero-order valence-corrected chi connectivity index (χ0v) is 15.9. The van der Waals surface area contributed by atoms with E-state index in [9.17, 15) is 13.2 Å². The molecule has 134 valence electrons. The first-order chi connectivity index (χ1) is 11.7. The Balaban J connectivity index is 2.29.